The Balaban J connectivity index is 1.80. The number of hydrogen-bond donors (Lipinski definition) is 2. The Bertz CT molecular complexity index is 481. The van der Waals surface area contributed by atoms with Crippen LogP contribution in [-0.4, -0.2) is 50.3 Å². The molecule has 1 saturated heterocycles. The average molecular weight is 332 g/mol. The van der Waals surface area contributed by atoms with Crippen LogP contribution < -0.4 is 10.6 Å². The Morgan fingerprint density at radius 1 is 1.08 bits per heavy atom. The van der Waals surface area contributed by atoms with Crippen LogP contribution in [0.5, 0.6) is 0 Å². The minimum absolute atomic E-state index is 0.688. The molecule has 1 aliphatic rings. The Kier molecular flexibility index (Phi) is 8.63. The van der Waals surface area contributed by atoms with E-state index in [2.05, 4.69) is 51.7 Å². The lowest BCUT2D eigenvalue weighted by atomic mass is 10.1. The summed E-state index contributed by atoms with van der Waals surface area (Å²) in [4.78, 5) is 7.17. The maximum atomic E-state index is 5.34. The normalized spacial score (nSPS) is 15.7. The summed E-state index contributed by atoms with van der Waals surface area (Å²) < 4.78 is 5.34. The van der Waals surface area contributed by atoms with Gasteiger partial charge in [0.05, 0.1) is 13.2 Å². The highest BCUT2D eigenvalue weighted by atomic mass is 16.5. The van der Waals surface area contributed by atoms with E-state index in [1.807, 2.05) is 6.92 Å². The molecule has 0 saturated carbocycles. The van der Waals surface area contributed by atoms with Crippen LogP contribution in [0.1, 0.15) is 37.8 Å². The Morgan fingerprint density at radius 2 is 1.79 bits per heavy atom. The van der Waals surface area contributed by atoms with Crippen molar-refractivity contribution in [3.63, 3.8) is 0 Å². The van der Waals surface area contributed by atoms with E-state index in [-0.39, 0.29) is 0 Å². The van der Waals surface area contributed by atoms with E-state index in [1.54, 1.807) is 0 Å². The molecule has 5 nitrogen and oxygen atoms in total. The standard InChI is InChI=1S/C19H32N4O/c1-3-20-19(21-11-14-24-4-2)22-15-17-7-9-18(10-8-17)16-23-12-5-6-13-23/h7-10H,3-6,11-16H2,1-2H3,(H2,20,21,22). The number of ether oxygens (including phenoxy) is 1. The zero-order valence-electron chi connectivity index (χ0n) is 15.2. The van der Waals surface area contributed by atoms with Crippen LogP contribution in [0, 0.1) is 0 Å². The van der Waals surface area contributed by atoms with Gasteiger partial charge in [0.15, 0.2) is 5.96 Å². The SMILES string of the molecule is CCNC(=NCc1ccc(CN2CCCC2)cc1)NCCOCC. The number of rotatable bonds is 9. The fourth-order valence-corrected chi connectivity index (χ4v) is 2.85. The second-order valence-electron chi connectivity index (χ2n) is 6.12. The van der Waals surface area contributed by atoms with Crippen molar-refractivity contribution < 1.29 is 4.74 Å². The molecule has 0 aromatic heterocycles. The van der Waals surface area contributed by atoms with Gasteiger partial charge in [-0.25, -0.2) is 4.99 Å². The zero-order valence-corrected chi connectivity index (χ0v) is 15.2. The molecule has 0 amide bonds. The Labute approximate surface area is 146 Å². The maximum absolute atomic E-state index is 5.34. The first kappa shape index (κ1) is 18.7. The molecule has 0 radical (unpaired) electrons. The first-order valence-corrected chi connectivity index (χ1v) is 9.22. The van der Waals surface area contributed by atoms with Crippen molar-refractivity contribution in [1.29, 1.82) is 0 Å². The summed E-state index contributed by atoms with van der Waals surface area (Å²) >= 11 is 0. The maximum Gasteiger partial charge on any atom is 0.191 e. The van der Waals surface area contributed by atoms with E-state index >= 15 is 0 Å². The van der Waals surface area contributed by atoms with Crippen LogP contribution >= 0.6 is 0 Å². The quantitative estimate of drug-likeness (QED) is 0.414. The summed E-state index contributed by atoms with van der Waals surface area (Å²) in [5, 5.41) is 6.56. The third-order valence-corrected chi connectivity index (χ3v) is 4.13. The van der Waals surface area contributed by atoms with Gasteiger partial charge in [0.2, 0.25) is 0 Å². The molecule has 5 heteroatoms. The summed E-state index contributed by atoms with van der Waals surface area (Å²) in [7, 11) is 0. The third kappa shape index (κ3) is 6.89. The minimum Gasteiger partial charge on any atom is -0.380 e. The molecule has 1 fully saturated rings. The number of aliphatic imine (C=N–C) groups is 1. The Hall–Kier alpha value is -1.59. The van der Waals surface area contributed by atoms with E-state index in [1.165, 1.54) is 37.1 Å². The van der Waals surface area contributed by atoms with E-state index < -0.39 is 0 Å². The van der Waals surface area contributed by atoms with Crippen LogP contribution in [0.25, 0.3) is 0 Å². The lowest BCUT2D eigenvalue weighted by Gasteiger charge is -2.14. The molecule has 2 rings (SSSR count). The molecular weight excluding hydrogens is 300 g/mol. The van der Waals surface area contributed by atoms with E-state index in [0.29, 0.717) is 13.2 Å². The van der Waals surface area contributed by atoms with Crippen LogP contribution in [0.15, 0.2) is 29.3 Å². The highest BCUT2D eigenvalue weighted by Gasteiger charge is 2.11. The van der Waals surface area contributed by atoms with Gasteiger partial charge in [-0.15, -0.1) is 0 Å². The van der Waals surface area contributed by atoms with Crippen molar-refractivity contribution in [2.75, 3.05) is 39.4 Å². The van der Waals surface area contributed by atoms with Crippen LogP contribution in [0.2, 0.25) is 0 Å². The fourth-order valence-electron chi connectivity index (χ4n) is 2.85. The molecule has 0 atom stereocenters. The monoisotopic (exact) mass is 332 g/mol. The van der Waals surface area contributed by atoms with Crippen molar-refractivity contribution >= 4 is 5.96 Å². The number of benzene rings is 1. The van der Waals surface area contributed by atoms with Crippen LogP contribution in [0.4, 0.5) is 0 Å². The van der Waals surface area contributed by atoms with Crippen molar-refractivity contribution in [2.24, 2.45) is 4.99 Å². The largest absolute Gasteiger partial charge is 0.380 e. The van der Waals surface area contributed by atoms with Gasteiger partial charge in [0.1, 0.15) is 0 Å². The average Bonchev–Trinajstić information content (AvgIpc) is 3.11. The topological polar surface area (TPSA) is 48.9 Å². The second kappa shape index (κ2) is 11.0. The summed E-state index contributed by atoms with van der Waals surface area (Å²) in [5.41, 5.74) is 2.63. The predicted octanol–water partition coefficient (Wildman–Crippen LogP) is 2.37. The van der Waals surface area contributed by atoms with E-state index in [9.17, 15) is 0 Å². The molecule has 24 heavy (non-hydrogen) atoms. The molecule has 0 aliphatic carbocycles. The van der Waals surface area contributed by atoms with Gasteiger partial charge >= 0.3 is 0 Å². The van der Waals surface area contributed by atoms with Crippen LogP contribution in [-0.2, 0) is 17.8 Å². The molecule has 1 aliphatic heterocycles. The van der Waals surface area contributed by atoms with Gasteiger partial charge in [-0.2, -0.15) is 0 Å². The summed E-state index contributed by atoms with van der Waals surface area (Å²) in [6.45, 7) is 11.4. The molecule has 0 unspecified atom stereocenters. The lowest BCUT2D eigenvalue weighted by molar-refractivity contribution is 0.152. The number of nitrogens with zero attached hydrogens (tertiary/aromatic N) is 2. The molecule has 1 aromatic rings. The van der Waals surface area contributed by atoms with Crippen LogP contribution in [0.3, 0.4) is 0 Å². The Morgan fingerprint density at radius 3 is 2.46 bits per heavy atom. The summed E-state index contributed by atoms with van der Waals surface area (Å²) in [5.74, 6) is 0.846. The van der Waals surface area contributed by atoms with Gasteiger partial charge in [0, 0.05) is 26.2 Å². The second-order valence-corrected chi connectivity index (χ2v) is 6.12. The van der Waals surface area contributed by atoms with Crippen molar-refractivity contribution in [3.05, 3.63) is 35.4 Å². The smallest absolute Gasteiger partial charge is 0.191 e. The first-order chi connectivity index (χ1) is 11.8. The van der Waals surface area contributed by atoms with Crippen molar-refractivity contribution in [1.82, 2.24) is 15.5 Å². The number of guanidine groups is 1. The zero-order chi connectivity index (χ0) is 17.0. The number of nitrogens with one attached hydrogen (secondary N) is 2. The highest BCUT2D eigenvalue weighted by Crippen LogP contribution is 2.13. The van der Waals surface area contributed by atoms with Crippen molar-refractivity contribution in [3.8, 4) is 0 Å². The highest BCUT2D eigenvalue weighted by molar-refractivity contribution is 5.79. The number of hydrogen-bond acceptors (Lipinski definition) is 3. The van der Waals surface area contributed by atoms with E-state index in [0.717, 1.165) is 32.2 Å². The first-order valence-electron chi connectivity index (χ1n) is 9.22. The lowest BCUT2D eigenvalue weighted by Crippen LogP contribution is -2.39. The van der Waals surface area contributed by atoms with Crippen molar-refractivity contribution in [2.45, 2.75) is 39.8 Å². The molecule has 134 valence electrons. The molecule has 1 aromatic carbocycles. The molecule has 0 spiro atoms. The number of likely N-dealkylation sites (tertiary alicyclic amines) is 1. The molecule has 0 bridgehead atoms. The summed E-state index contributed by atoms with van der Waals surface area (Å²) in [6.07, 6.45) is 2.69. The van der Waals surface area contributed by atoms with E-state index in [4.69, 9.17) is 4.74 Å². The van der Waals surface area contributed by atoms with Gasteiger partial charge < -0.3 is 15.4 Å². The predicted molar refractivity (Wildman–Crippen MR) is 100 cm³/mol. The molecule has 2 N–H and O–H groups in total. The summed E-state index contributed by atoms with van der Waals surface area (Å²) in [6, 6.07) is 8.86. The van der Waals surface area contributed by atoms with Gasteiger partial charge in [-0.3, -0.25) is 4.90 Å². The van der Waals surface area contributed by atoms with Gasteiger partial charge in [0.25, 0.3) is 0 Å². The molecular formula is C19H32N4O. The fraction of sp³-hybridized carbons (Fsp3) is 0.632. The third-order valence-electron chi connectivity index (χ3n) is 4.13. The van der Waals surface area contributed by atoms with Gasteiger partial charge in [-0.1, -0.05) is 24.3 Å². The minimum atomic E-state index is 0.688. The molecule has 1 heterocycles. The van der Waals surface area contributed by atoms with Gasteiger partial charge in [-0.05, 0) is 50.9 Å².